The Labute approximate surface area is 64.3 Å². The van der Waals surface area contributed by atoms with Gasteiger partial charge in [0.25, 0.3) is 0 Å². The van der Waals surface area contributed by atoms with Crippen LogP contribution in [0.1, 0.15) is 33.6 Å². The van der Waals surface area contributed by atoms with Crippen LogP contribution in [0.5, 0.6) is 0 Å². The van der Waals surface area contributed by atoms with Crippen LogP contribution in [-0.4, -0.2) is 6.54 Å². The van der Waals surface area contributed by atoms with Gasteiger partial charge in [-0.25, -0.2) is 0 Å². The van der Waals surface area contributed by atoms with Crippen LogP contribution in [0.3, 0.4) is 0 Å². The first-order valence-electron chi connectivity index (χ1n) is 4.08. The minimum atomic E-state index is 0.702. The van der Waals surface area contributed by atoms with Crippen molar-refractivity contribution in [3.8, 4) is 0 Å². The van der Waals surface area contributed by atoms with Gasteiger partial charge in [-0.3, -0.25) is 0 Å². The number of hydrogen-bond acceptors (Lipinski definition) is 1. The average molecular weight is 141 g/mol. The van der Waals surface area contributed by atoms with E-state index in [0.717, 1.165) is 0 Å². The molecule has 0 fully saturated rings. The number of hydrogen-bond donors (Lipinski definition) is 1. The molecule has 2 N–H and O–H groups in total. The second-order valence-corrected chi connectivity index (χ2v) is 2.98. The summed E-state index contributed by atoms with van der Waals surface area (Å²) in [5.41, 5.74) is 6.75. The summed E-state index contributed by atoms with van der Waals surface area (Å²) < 4.78 is 0. The van der Waals surface area contributed by atoms with Gasteiger partial charge in [-0.15, -0.1) is 0 Å². The molecule has 0 aliphatic heterocycles. The van der Waals surface area contributed by atoms with Gasteiger partial charge in [0.1, 0.15) is 0 Å². The maximum absolute atomic E-state index is 5.45. The topological polar surface area (TPSA) is 26.0 Å². The molecule has 1 unspecified atom stereocenters. The van der Waals surface area contributed by atoms with Crippen molar-refractivity contribution in [3.63, 3.8) is 0 Å². The van der Waals surface area contributed by atoms with Crippen molar-refractivity contribution in [2.24, 2.45) is 11.7 Å². The third-order valence-corrected chi connectivity index (χ3v) is 1.64. The standard InChI is InChI=1S/C9H19N/c1-4-5-8(2)6-9(3)7-10/h6,8H,4-5,7,10H2,1-3H3/b9-6-. The van der Waals surface area contributed by atoms with Crippen molar-refractivity contribution in [2.75, 3.05) is 6.54 Å². The Kier molecular flexibility index (Phi) is 5.32. The van der Waals surface area contributed by atoms with E-state index in [2.05, 4.69) is 26.8 Å². The van der Waals surface area contributed by atoms with Crippen molar-refractivity contribution >= 4 is 0 Å². The van der Waals surface area contributed by atoms with Crippen LogP contribution in [0.2, 0.25) is 0 Å². The first-order valence-corrected chi connectivity index (χ1v) is 4.08. The van der Waals surface area contributed by atoms with E-state index in [-0.39, 0.29) is 0 Å². The fourth-order valence-electron chi connectivity index (χ4n) is 1.09. The molecule has 1 heteroatoms. The van der Waals surface area contributed by atoms with Crippen molar-refractivity contribution < 1.29 is 0 Å². The van der Waals surface area contributed by atoms with E-state index in [4.69, 9.17) is 5.73 Å². The monoisotopic (exact) mass is 141 g/mol. The molecule has 1 atom stereocenters. The molecule has 60 valence electrons. The van der Waals surface area contributed by atoms with Crippen LogP contribution in [-0.2, 0) is 0 Å². The van der Waals surface area contributed by atoms with Gasteiger partial charge < -0.3 is 5.73 Å². The smallest absolute Gasteiger partial charge is 0.0134 e. The molecule has 0 radical (unpaired) electrons. The van der Waals surface area contributed by atoms with Gasteiger partial charge in [0.05, 0.1) is 0 Å². The van der Waals surface area contributed by atoms with Crippen LogP contribution >= 0.6 is 0 Å². The summed E-state index contributed by atoms with van der Waals surface area (Å²) in [5.74, 6) is 0.702. The van der Waals surface area contributed by atoms with Crippen LogP contribution in [0.25, 0.3) is 0 Å². The van der Waals surface area contributed by atoms with Crippen LogP contribution in [0.15, 0.2) is 11.6 Å². The zero-order valence-corrected chi connectivity index (χ0v) is 7.35. The molecular formula is C9H19N. The summed E-state index contributed by atoms with van der Waals surface area (Å²) in [6, 6.07) is 0. The Morgan fingerprint density at radius 3 is 2.60 bits per heavy atom. The minimum absolute atomic E-state index is 0.702. The molecular weight excluding hydrogens is 122 g/mol. The molecule has 0 aliphatic carbocycles. The molecule has 0 aliphatic rings. The zero-order valence-electron chi connectivity index (χ0n) is 7.35. The first kappa shape index (κ1) is 9.70. The van der Waals surface area contributed by atoms with Gasteiger partial charge in [0.2, 0.25) is 0 Å². The second-order valence-electron chi connectivity index (χ2n) is 2.98. The van der Waals surface area contributed by atoms with E-state index in [1.807, 2.05) is 0 Å². The molecule has 0 heterocycles. The van der Waals surface area contributed by atoms with Gasteiger partial charge in [-0.1, -0.05) is 31.9 Å². The van der Waals surface area contributed by atoms with Crippen molar-refractivity contribution in [2.45, 2.75) is 33.6 Å². The lowest BCUT2D eigenvalue weighted by Crippen LogP contribution is -2.01. The average Bonchev–Trinajstić information content (AvgIpc) is 1.88. The zero-order chi connectivity index (χ0) is 7.98. The molecule has 0 spiro atoms. The molecule has 0 aromatic heterocycles. The summed E-state index contributed by atoms with van der Waals surface area (Å²) in [4.78, 5) is 0. The SMILES string of the molecule is CCCC(C)/C=C(/C)CN. The van der Waals surface area contributed by atoms with E-state index in [1.54, 1.807) is 0 Å². The highest BCUT2D eigenvalue weighted by atomic mass is 14.5. The predicted octanol–water partition coefficient (Wildman–Crippen LogP) is 2.33. The highest BCUT2D eigenvalue weighted by molar-refractivity contribution is 5.01. The maximum Gasteiger partial charge on any atom is 0.0134 e. The van der Waals surface area contributed by atoms with Crippen LogP contribution in [0.4, 0.5) is 0 Å². The van der Waals surface area contributed by atoms with Crippen molar-refractivity contribution in [1.29, 1.82) is 0 Å². The Morgan fingerprint density at radius 2 is 2.20 bits per heavy atom. The van der Waals surface area contributed by atoms with Crippen molar-refractivity contribution in [1.82, 2.24) is 0 Å². The summed E-state index contributed by atoms with van der Waals surface area (Å²) in [5, 5.41) is 0. The number of nitrogens with two attached hydrogens (primary N) is 1. The normalized spacial score (nSPS) is 15.4. The fraction of sp³-hybridized carbons (Fsp3) is 0.778. The minimum Gasteiger partial charge on any atom is -0.327 e. The van der Waals surface area contributed by atoms with E-state index in [1.165, 1.54) is 18.4 Å². The Hall–Kier alpha value is -0.300. The largest absolute Gasteiger partial charge is 0.327 e. The lowest BCUT2D eigenvalue weighted by atomic mass is 10.0. The lowest BCUT2D eigenvalue weighted by Gasteiger charge is -2.04. The molecule has 0 saturated carbocycles. The van der Waals surface area contributed by atoms with E-state index in [0.29, 0.717) is 12.5 Å². The summed E-state index contributed by atoms with van der Waals surface area (Å²) >= 11 is 0. The van der Waals surface area contributed by atoms with Gasteiger partial charge >= 0.3 is 0 Å². The van der Waals surface area contributed by atoms with Gasteiger partial charge in [-0.05, 0) is 19.3 Å². The molecule has 10 heavy (non-hydrogen) atoms. The highest BCUT2D eigenvalue weighted by Crippen LogP contribution is 2.08. The van der Waals surface area contributed by atoms with Crippen LogP contribution < -0.4 is 5.73 Å². The van der Waals surface area contributed by atoms with Gasteiger partial charge in [-0.2, -0.15) is 0 Å². The Morgan fingerprint density at radius 1 is 1.60 bits per heavy atom. The first-order chi connectivity index (χ1) is 4.70. The molecule has 0 saturated heterocycles. The van der Waals surface area contributed by atoms with E-state index in [9.17, 15) is 0 Å². The fourth-order valence-corrected chi connectivity index (χ4v) is 1.09. The highest BCUT2D eigenvalue weighted by Gasteiger charge is 1.94. The quantitative estimate of drug-likeness (QED) is 0.597. The summed E-state index contributed by atoms with van der Waals surface area (Å²) in [6.45, 7) is 7.24. The molecule has 0 bridgehead atoms. The van der Waals surface area contributed by atoms with Crippen LogP contribution in [0, 0.1) is 5.92 Å². The number of allylic oxidation sites excluding steroid dienone is 1. The van der Waals surface area contributed by atoms with Gasteiger partial charge in [0.15, 0.2) is 0 Å². The maximum atomic E-state index is 5.45. The second kappa shape index (κ2) is 5.48. The Bertz CT molecular complexity index is 105. The Balaban J connectivity index is 3.62. The third kappa shape index (κ3) is 4.57. The summed E-state index contributed by atoms with van der Waals surface area (Å²) in [7, 11) is 0. The van der Waals surface area contributed by atoms with Crippen molar-refractivity contribution in [3.05, 3.63) is 11.6 Å². The van der Waals surface area contributed by atoms with E-state index < -0.39 is 0 Å². The van der Waals surface area contributed by atoms with E-state index >= 15 is 0 Å². The molecule has 0 rings (SSSR count). The molecule has 1 nitrogen and oxygen atoms in total. The lowest BCUT2D eigenvalue weighted by molar-refractivity contribution is 0.629. The number of rotatable bonds is 4. The molecule has 0 aromatic rings. The molecule has 0 amide bonds. The predicted molar refractivity (Wildman–Crippen MR) is 46.9 cm³/mol. The van der Waals surface area contributed by atoms with Gasteiger partial charge in [0, 0.05) is 6.54 Å². The molecule has 0 aromatic carbocycles. The summed E-state index contributed by atoms with van der Waals surface area (Å²) in [6.07, 6.45) is 4.80. The third-order valence-electron chi connectivity index (χ3n) is 1.64.